The summed E-state index contributed by atoms with van der Waals surface area (Å²) in [6, 6.07) is 9.28. The minimum Gasteiger partial charge on any atom is -0.467 e. The second kappa shape index (κ2) is 6.69. The lowest BCUT2D eigenvalue weighted by molar-refractivity contribution is -0.165. The Bertz CT molecular complexity index is 504. The van der Waals surface area contributed by atoms with Gasteiger partial charge in [-0.3, -0.25) is 5.32 Å². The van der Waals surface area contributed by atoms with Gasteiger partial charge in [0.25, 0.3) is 0 Å². The van der Waals surface area contributed by atoms with Gasteiger partial charge in [0.2, 0.25) is 5.54 Å². The first-order valence-electron chi connectivity index (χ1n) is 6.70. The van der Waals surface area contributed by atoms with Crippen LogP contribution in [0.25, 0.3) is 0 Å². The zero-order chi connectivity index (χ0) is 15.3. The van der Waals surface area contributed by atoms with E-state index in [9.17, 15) is 9.59 Å². The number of hydrogen-bond donors (Lipinski definition) is 1. The first-order valence-corrected chi connectivity index (χ1v) is 6.70. The molecule has 0 aliphatic carbocycles. The fourth-order valence-corrected chi connectivity index (χ4v) is 2.36. The van der Waals surface area contributed by atoms with Gasteiger partial charge in [-0.25, -0.2) is 9.59 Å². The molecule has 1 aliphatic rings. The Labute approximate surface area is 123 Å². The molecule has 6 nitrogen and oxygen atoms in total. The molecular weight excluding hydrogens is 274 g/mol. The maximum absolute atomic E-state index is 12.4. The van der Waals surface area contributed by atoms with Crippen LogP contribution in [0.4, 0.5) is 0 Å². The number of carbonyl (C=O) groups excluding carboxylic acids is 2. The van der Waals surface area contributed by atoms with Crippen molar-refractivity contribution in [3.8, 4) is 0 Å². The molecule has 1 heterocycles. The van der Waals surface area contributed by atoms with Crippen LogP contribution in [0, 0.1) is 0 Å². The van der Waals surface area contributed by atoms with Crippen LogP contribution >= 0.6 is 0 Å². The predicted molar refractivity (Wildman–Crippen MR) is 74.4 cm³/mol. The number of hydrogen-bond acceptors (Lipinski definition) is 6. The van der Waals surface area contributed by atoms with Crippen molar-refractivity contribution < 1.29 is 23.8 Å². The van der Waals surface area contributed by atoms with Crippen LogP contribution in [-0.4, -0.2) is 44.3 Å². The standard InChI is InChI=1S/C15H19NO5/c1-19-12-8-15(16-9-12,13(17)20-2)14(18)21-10-11-6-4-3-5-7-11/h3-7,12,16H,8-10H2,1-2H3/t12-,15-/m0/s1. The van der Waals surface area contributed by atoms with Crippen molar-refractivity contribution in [3.63, 3.8) is 0 Å². The van der Waals surface area contributed by atoms with E-state index in [0.717, 1.165) is 5.56 Å². The number of benzene rings is 1. The second-order valence-corrected chi connectivity index (χ2v) is 4.90. The van der Waals surface area contributed by atoms with E-state index in [-0.39, 0.29) is 19.1 Å². The molecule has 0 amide bonds. The van der Waals surface area contributed by atoms with Crippen molar-refractivity contribution in [1.82, 2.24) is 5.32 Å². The minimum absolute atomic E-state index is 0.109. The normalized spacial score (nSPS) is 24.6. The highest BCUT2D eigenvalue weighted by molar-refractivity contribution is 6.05. The van der Waals surface area contributed by atoms with Gasteiger partial charge in [0.1, 0.15) is 6.61 Å². The molecule has 0 radical (unpaired) electrons. The molecule has 114 valence electrons. The molecule has 2 rings (SSSR count). The fourth-order valence-electron chi connectivity index (χ4n) is 2.36. The average molecular weight is 293 g/mol. The lowest BCUT2D eigenvalue weighted by Crippen LogP contribution is -2.55. The van der Waals surface area contributed by atoms with Gasteiger partial charge in [0.15, 0.2) is 0 Å². The van der Waals surface area contributed by atoms with Crippen molar-refractivity contribution in [2.45, 2.75) is 24.7 Å². The lowest BCUT2D eigenvalue weighted by atomic mass is 9.97. The van der Waals surface area contributed by atoms with Gasteiger partial charge in [-0.1, -0.05) is 30.3 Å². The molecule has 0 saturated carbocycles. The first kappa shape index (κ1) is 15.5. The third-order valence-corrected chi connectivity index (χ3v) is 3.59. The Morgan fingerprint density at radius 3 is 2.52 bits per heavy atom. The summed E-state index contributed by atoms with van der Waals surface area (Å²) in [5.41, 5.74) is -0.628. The molecule has 0 aromatic heterocycles. The second-order valence-electron chi connectivity index (χ2n) is 4.90. The molecule has 1 saturated heterocycles. The number of rotatable bonds is 5. The van der Waals surface area contributed by atoms with E-state index in [0.29, 0.717) is 6.54 Å². The van der Waals surface area contributed by atoms with Gasteiger partial charge in [-0.05, 0) is 5.56 Å². The number of methoxy groups -OCH3 is 2. The Morgan fingerprint density at radius 2 is 1.95 bits per heavy atom. The fraction of sp³-hybridized carbons (Fsp3) is 0.467. The van der Waals surface area contributed by atoms with E-state index < -0.39 is 17.5 Å². The molecule has 1 fully saturated rings. The van der Waals surface area contributed by atoms with Crippen molar-refractivity contribution in [1.29, 1.82) is 0 Å². The molecule has 1 N–H and O–H groups in total. The first-order chi connectivity index (χ1) is 10.1. The van der Waals surface area contributed by atoms with E-state index in [2.05, 4.69) is 5.32 Å². The summed E-state index contributed by atoms with van der Waals surface area (Å²) in [6.07, 6.45) is -0.0301. The molecule has 0 bridgehead atoms. The Kier molecular flexibility index (Phi) is 4.93. The highest BCUT2D eigenvalue weighted by Crippen LogP contribution is 2.25. The zero-order valence-corrected chi connectivity index (χ0v) is 12.1. The highest BCUT2D eigenvalue weighted by atomic mass is 16.6. The van der Waals surface area contributed by atoms with Gasteiger partial charge < -0.3 is 14.2 Å². The van der Waals surface area contributed by atoms with Crippen LogP contribution in [0.1, 0.15) is 12.0 Å². The van der Waals surface area contributed by atoms with E-state index in [1.54, 1.807) is 0 Å². The largest absolute Gasteiger partial charge is 0.467 e. The summed E-state index contributed by atoms with van der Waals surface area (Å²) in [5, 5.41) is 2.88. The van der Waals surface area contributed by atoms with Gasteiger partial charge in [0.05, 0.1) is 13.2 Å². The number of carbonyl (C=O) groups is 2. The summed E-state index contributed by atoms with van der Waals surface area (Å²) in [6.45, 7) is 0.504. The highest BCUT2D eigenvalue weighted by Gasteiger charge is 2.54. The van der Waals surface area contributed by atoms with Crippen LogP contribution < -0.4 is 5.32 Å². The monoisotopic (exact) mass is 293 g/mol. The molecular formula is C15H19NO5. The Balaban J connectivity index is 2.07. The van der Waals surface area contributed by atoms with E-state index in [4.69, 9.17) is 14.2 Å². The topological polar surface area (TPSA) is 73.9 Å². The van der Waals surface area contributed by atoms with E-state index >= 15 is 0 Å². The predicted octanol–water partition coefficient (Wildman–Crippen LogP) is 0.650. The summed E-state index contributed by atoms with van der Waals surface area (Å²) in [4.78, 5) is 24.4. The van der Waals surface area contributed by atoms with Crippen molar-refractivity contribution in [2.24, 2.45) is 0 Å². The molecule has 1 aromatic rings. The maximum Gasteiger partial charge on any atom is 0.338 e. The summed E-state index contributed by atoms with van der Waals surface area (Å²) in [7, 11) is 2.78. The Hall–Kier alpha value is -1.92. The maximum atomic E-state index is 12.4. The van der Waals surface area contributed by atoms with Gasteiger partial charge >= 0.3 is 11.9 Å². The van der Waals surface area contributed by atoms with E-state index in [1.165, 1.54) is 14.2 Å². The summed E-state index contributed by atoms with van der Waals surface area (Å²) in [5.74, 6) is -1.29. The van der Waals surface area contributed by atoms with Gasteiger partial charge in [-0.2, -0.15) is 0 Å². The third-order valence-electron chi connectivity index (χ3n) is 3.59. The van der Waals surface area contributed by atoms with Gasteiger partial charge in [-0.15, -0.1) is 0 Å². The van der Waals surface area contributed by atoms with Crippen LogP contribution in [0.15, 0.2) is 30.3 Å². The average Bonchev–Trinajstić information content (AvgIpc) is 2.98. The molecule has 21 heavy (non-hydrogen) atoms. The molecule has 0 unspecified atom stereocenters. The number of esters is 2. The third kappa shape index (κ3) is 3.22. The minimum atomic E-state index is -1.48. The van der Waals surface area contributed by atoms with E-state index in [1.807, 2.05) is 30.3 Å². The number of nitrogens with one attached hydrogen (secondary N) is 1. The van der Waals surface area contributed by atoms with Crippen LogP contribution in [-0.2, 0) is 30.4 Å². The molecule has 1 aliphatic heterocycles. The van der Waals surface area contributed by atoms with Crippen LogP contribution in [0.3, 0.4) is 0 Å². The van der Waals surface area contributed by atoms with Crippen molar-refractivity contribution in [3.05, 3.63) is 35.9 Å². The SMILES string of the molecule is COC(=O)[C@]1(C(=O)OCc2ccccc2)C[C@H](OC)CN1. The van der Waals surface area contributed by atoms with Crippen LogP contribution in [0.2, 0.25) is 0 Å². The molecule has 0 spiro atoms. The smallest absolute Gasteiger partial charge is 0.338 e. The lowest BCUT2D eigenvalue weighted by Gasteiger charge is -2.24. The molecule has 2 atom stereocenters. The van der Waals surface area contributed by atoms with Crippen molar-refractivity contribution in [2.75, 3.05) is 20.8 Å². The molecule has 6 heteroatoms. The summed E-state index contributed by atoms with van der Waals surface area (Å²) >= 11 is 0. The van der Waals surface area contributed by atoms with Gasteiger partial charge in [0, 0.05) is 20.1 Å². The van der Waals surface area contributed by atoms with Crippen molar-refractivity contribution >= 4 is 11.9 Å². The Morgan fingerprint density at radius 1 is 1.24 bits per heavy atom. The quantitative estimate of drug-likeness (QED) is 0.635. The zero-order valence-electron chi connectivity index (χ0n) is 12.1. The number of ether oxygens (including phenoxy) is 3. The van der Waals surface area contributed by atoms with Crippen LogP contribution in [0.5, 0.6) is 0 Å². The summed E-state index contributed by atoms with van der Waals surface area (Å²) < 4.78 is 15.2. The molecule has 1 aromatic carbocycles.